The summed E-state index contributed by atoms with van der Waals surface area (Å²) in [6, 6.07) is 6.16. The normalized spacial score (nSPS) is 13.7. The van der Waals surface area contributed by atoms with Crippen LogP contribution in [0.15, 0.2) is 29.3 Å². The predicted octanol–water partition coefficient (Wildman–Crippen LogP) is 6.03. The molecule has 2 atom stereocenters. The van der Waals surface area contributed by atoms with Crippen molar-refractivity contribution in [1.82, 2.24) is 19.7 Å². The third-order valence-electron chi connectivity index (χ3n) is 5.42. The van der Waals surface area contributed by atoms with Crippen LogP contribution in [0.4, 0.5) is 0 Å². The van der Waals surface area contributed by atoms with Gasteiger partial charge in [-0.1, -0.05) is 13.8 Å². The monoisotopic (exact) mass is 486 g/mol. The molecule has 34 heavy (non-hydrogen) atoms. The number of thioether (sulfide) groups is 1. The molecule has 0 amide bonds. The summed E-state index contributed by atoms with van der Waals surface area (Å²) >= 11 is 1.69. The van der Waals surface area contributed by atoms with Gasteiger partial charge in [-0.3, -0.25) is 4.68 Å². The number of rotatable bonds is 12. The number of nitrogens with zero attached hydrogens (tertiary/aromatic N) is 4. The fraction of sp³-hybridized carbons (Fsp3) is 0.577. The van der Waals surface area contributed by atoms with Gasteiger partial charge in [-0.2, -0.15) is 5.10 Å². The first kappa shape index (κ1) is 26.4. The van der Waals surface area contributed by atoms with Crippen molar-refractivity contribution in [3.05, 3.63) is 30.1 Å². The van der Waals surface area contributed by atoms with Gasteiger partial charge in [0.2, 0.25) is 5.88 Å². The molecular weight excluding hydrogens is 448 g/mol. The lowest BCUT2D eigenvalue weighted by Gasteiger charge is -2.19. The molecule has 0 aromatic carbocycles. The van der Waals surface area contributed by atoms with Crippen molar-refractivity contribution in [3.63, 3.8) is 0 Å². The molecule has 3 aromatic rings. The highest BCUT2D eigenvalue weighted by Gasteiger charge is 2.20. The lowest BCUT2D eigenvalue weighted by molar-refractivity contribution is -0.134. The Bertz CT molecular complexity index is 1080. The van der Waals surface area contributed by atoms with Crippen LogP contribution in [0.25, 0.3) is 22.3 Å². The van der Waals surface area contributed by atoms with Gasteiger partial charge in [0.25, 0.3) is 0 Å². The highest BCUT2D eigenvalue weighted by Crippen LogP contribution is 2.36. The second-order valence-corrected chi connectivity index (χ2v) is 10.4. The van der Waals surface area contributed by atoms with Crippen LogP contribution in [0.2, 0.25) is 0 Å². The Morgan fingerprint density at radius 2 is 1.94 bits per heavy atom. The number of pyridine rings is 2. The first-order valence-electron chi connectivity index (χ1n) is 12.2. The van der Waals surface area contributed by atoms with E-state index < -0.39 is 6.29 Å². The molecule has 8 heteroatoms. The third-order valence-corrected chi connectivity index (χ3v) is 6.48. The molecular formula is C26H38N4O3S. The second-order valence-electron chi connectivity index (χ2n) is 9.28. The number of aliphatic hydroxyl groups excluding tert-OH is 1. The van der Waals surface area contributed by atoms with Crippen LogP contribution >= 0.6 is 11.8 Å². The van der Waals surface area contributed by atoms with Gasteiger partial charge in [-0.25, -0.2) is 9.97 Å². The molecule has 2 unspecified atom stereocenters. The lowest BCUT2D eigenvalue weighted by Crippen LogP contribution is -2.21. The Balaban J connectivity index is 1.91. The van der Waals surface area contributed by atoms with Gasteiger partial charge in [-0.15, -0.1) is 11.8 Å². The average Bonchev–Trinajstić information content (AvgIpc) is 3.11. The van der Waals surface area contributed by atoms with E-state index in [0.29, 0.717) is 30.6 Å². The van der Waals surface area contributed by atoms with Crippen LogP contribution in [-0.2, 0) is 4.74 Å². The number of aryl methyl sites for hydroxylation is 1. The largest absolute Gasteiger partial charge is 0.477 e. The minimum Gasteiger partial charge on any atom is -0.477 e. The Labute approximate surface area is 207 Å². The minimum atomic E-state index is -0.780. The fourth-order valence-electron chi connectivity index (χ4n) is 4.03. The molecule has 0 bridgehead atoms. The van der Waals surface area contributed by atoms with Gasteiger partial charge in [-0.05, 0) is 65.2 Å². The molecule has 3 aromatic heterocycles. The molecule has 3 heterocycles. The molecule has 7 nitrogen and oxygen atoms in total. The van der Waals surface area contributed by atoms with Gasteiger partial charge >= 0.3 is 0 Å². The molecule has 0 radical (unpaired) electrons. The van der Waals surface area contributed by atoms with E-state index in [1.54, 1.807) is 18.0 Å². The molecule has 0 aliphatic carbocycles. The van der Waals surface area contributed by atoms with Crippen molar-refractivity contribution in [2.24, 2.45) is 5.92 Å². The zero-order valence-electron chi connectivity index (χ0n) is 21.4. The van der Waals surface area contributed by atoms with Gasteiger partial charge in [0.1, 0.15) is 11.0 Å². The number of fused-ring (bicyclic) bond motifs is 1. The van der Waals surface area contributed by atoms with Gasteiger partial charge < -0.3 is 14.6 Å². The van der Waals surface area contributed by atoms with E-state index in [1.165, 1.54) is 0 Å². The van der Waals surface area contributed by atoms with Crippen LogP contribution in [0.1, 0.15) is 66.1 Å². The van der Waals surface area contributed by atoms with Crippen molar-refractivity contribution < 1.29 is 14.6 Å². The first-order valence-corrected chi connectivity index (χ1v) is 13.1. The maximum Gasteiger partial charge on any atom is 0.222 e. The molecule has 0 aliphatic heterocycles. The summed E-state index contributed by atoms with van der Waals surface area (Å²) < 4.78 is 13.6. The SMILES string of the molecule is CCOc1ncccc1-c1cc(SCCC(O)OC(C)CC(C)C)c2c(n1)c(C)nn2C(C)C. The Morgan fingerprint density at radius 1 is 1.18 bits per heavy atom. The quantitative estimate of drug-likeness (QED) is 0.247. The van der Waals surface area contributed by atoms with Crippen LogP contribution in [0.3, 0.4) is 0 Å². The summed E-state index contributed by atoms with van der Waals surface area (Å²) in [6.07, 6.45) is 2.45. The van der Waals surface area contributed by atoms with Gasteiger partial charge in [0.15, 0.2) is 6.29 Å². The summed E-state index contributed by atoms with van der Waals surface area (Å²) in [7, 11) is 0. The van der Waals surface area contributed by atoms with Crippen molar-refractivity contribution in [2.45, 2.75) is 84.6 Å². The third kappa shape index (κ3) is 6.49. The van der Waals surface area contributed by atoms with Gasteiger partial charge in [0.05, 0.1) is 29.7 Å². The van der Waals surface area contributed by atoms with Crippen LogP contribution < -0.4 is 4.74 Å². The highest BCUT2D eigenvalue weighted by molar-refractivity contribution is 7.99. The molecule has 0 aliphatic rings. The zero-order valence-corrected chi connectivity index (χ0v) is 22.2. The molecule has 186 valence electrons. The molecule has 3 rings (SSSR count). The summed E-state index contributed by atoms with van der Waals surface area (Å²) in [4.78, 5) is 10.4. The molecule has 0 spiro atoms. The number of aromatic nitrogens is 4. The van der Waals surface area contributed by atoms with Crippen molar-refractivity contribution in [1.29, 1.82) is 0 Å². The van der Waals surface area contributed by atoms with Crippen LogP contribution in [0.5, 0.6) is 5.88 Å². The molecule has 0 saturated heterocycles. The van der Waals surface area contributed by atoms with E-state index in [0.717, 1.165) is 39.3 Å². The maximum absolute atomic E-state index is 10.4. The maximum atomic E-state index is 10.4. The van der Waals surface area contributed by atoms with Crippen molar-refractivity contribution in [3.8, 4) is 17.1 Å². The second kappa shape index (κ2) is 12.0. The van der Waals surface area contributed by atoms with E-state index >= 15 is 0 Å². The van der Waals surface area contributed by atoms with E-state index in [2.05, 4.69) is 38.7 Å². The summed E-state index contributed by atoms with van der Waals surface area (Å²) in [6.45, 7) is 15.1. The number of aliphatic hydroxyl groups is 1. The Kier molecular flexibility index (Phi) is 9.33. The zero-order chi connectivity index (χ0) is 24.8. The number of hydrogen-bond donors (Lipinski definition) is 1. The average molecular weight is 487 g/mol. The van der Waals surface area contributed by atoms with Crippen molar-refractivity contribution >= 4 is 22.8 Å². The van der Waals surface area contributed by atoms with Crippen molar-refractivity contribution in [2.75, 3.05) is 12.4 Å². The summed E-state index contributed by atoms with van der Waals surface area (Å²) in [5.41, 5.74) is 4.45. The standard InChI is InChI=1S/C26H38N4O3S/c1-8-32-26-20(10-9-12-27-26)21-15-22(25-24(28-21)19(7)29-30(25)17(4)5)34-13-11-23(31)33-18(6)14-16(2)3/h9-10,12,15-18,23,31H,8,11,13-14H2,1-7H3. The number of hydrogen-bond acceptors (Lipinski definition) is 7. The van der Waals surface area contributed by atoms with Crippen LogP contribution in [0, 0.1) is 12.8 Å². The topological polar surface area (TPSA) is 82.3 Å². The van der Waals surface area contributed by atoms with Gasteiger partial charge in [0, 0.05) is 29.3 Å². The smallest absolute Gasteiger partial charge is 0.222 e. The Morgan fingerprint density at radius 3 is 2.62 bits per heavy atom. The molecule has 0 saturated carbocycles. The Hall–Kier alpha value is -2.16. The first-order chi connectivity index (χ1) is 16.2. The predicted molar refractivity (Wildman–Crippen MR) is 138 cm³/mol. The summed E-state index contributed by atoms with van der Waals surface area (Å²) in [5.74, 6) is 1.82. The van der Waals surface area contributed by atoms with E-state index in [4.69, 9.17) is 19.6 Å². The van der Waals surface area contributed by atoms with E-state index in [-0.39, 0.29) is 12.1 Å². The molecule has 1 N–H and O–H groups in total. The highest BCUT2D eigenvalue weighted by atomic mass is 32.2. The number of ether oxygens (including phenoxy) is 2. The fourth-order valence-corrected chi connectivity index (χ4v) is 5.09. The van der Waals surface area contributed by atoms with E-state index in [1.807, 2.05) is 37.6 Å². The summed E-state index contributed by atoms with van der Waals surface area (Å²) in [5, 5.41) is 15.2. The van der Waals surface area contributed by atoms with E-state index in [9.17, 15) is 5.11 Å². The van der Waals surface area contributed by atoms with Crippen LogP contribution in [-0.4, -0.2) is 49.6 Å². The molecule has 0 fully saturated rings. The lowest BCUT2D eigenvalue weighted by atomic mass is 10.1. The minimum absolute atomic E-state index is 0.0341.